The summed E-state index contributed by atoms with van der Waals surface area (Å²) in [4.78, 5) is 8.43. The minimum atomic E-state index is -0.00958. The van der Waals surface area contributed by atoms with Crippen LogP contribution in [0.15, 0.2) is 0 Å². The Balaban J connectivity index is 0. The average Bonchev–Trinajstić information content (AvgIpc) is 2.17. The zero-order valence-electron chi connectivity index (χ0n) is 8.49. The van der Waals surface area contributed by atoms with Crippen LogP contribution in [0.3, 0.4) is 0 Å². The summed E-state index contributed by atoms with van der Waals surface area (Å²) in [6.07, 6.45) is 3.75. The molecule has 0 aromatic heterocycles. The van der Waals surface area contributed by atoms with Crippen LogP contribution < -0.4 is 5.73 Å². The van der Waals surface area contributed by atoms with E-state index in [4.69, 9.17) is 5.73 Å². The Hall–Kier alpha value is -0.190. The normalized spacial score (nSPS) is 8.23. The summed E-state index contributed by atoms with van der Waals surface area (Å²) < 4.78 is 9.46. The fourth-order valence-corrected chi connectivity index (χ4v) is 0.529. The Morgan fingerprint density at radius 3 is 2.38 bits per heavy atom. The number of rotatable bonds is 7. The molecule has 0 spiro atoms. The monoisotopic (exact) mass is 186 g/mol. The first kappa shape index (κ1) is 15.3. The van der Waals surface area contributed by atoms with E-state index < -0.39 is 0 Å². The van der Waals surface area contributed by atoms with Gasteiger partial charge in [-0.2, -0.15) is 0 Å². The van der Waals surface area contributed by atoms with Crippen molar-refractivity contribution in [3.8, 4) is 0 Å². The van der Waals surface area contributed by atoms with Crippen LogP contribution in [0.25, 0.3) is 0 Å². The van der Waals surface area contributed by atoms with Crippen LogP contribution in [-0.2, 0) is 14.4 Å². The summed E-state index contributed by atoms with van der Waals surface area (Å²) in [6, 6.07) is 0. The molecule has 75 valence electrons. The molecule has 0 atom stereocenters. The average molecular weight is 186 g/mol. The second-order valence-electron chi connectivity index (χ2n) is 2.28. The van der Waals surface area contributed by atoms with Gasteiger partial charge in [0.15, 0.2) is 0 Å². The topological polar surface area (TPSA) is 61.6 Å². The van der Waals surface area contributed by atoms with Crippen molar-refractivity contribution in [2.75, 3.05) is 13.1 Å². The van der Waals surface area contributed by atoms with E-state index in [9.17, 15) is 4.70 Å². The predicted molar refractivity (Wildman–Crippen MR) is 53.7 cm³/mol. The van der Waals surface area contributed by atoms with Crippen LogP contribution in [0.4, 0.5) is 0 Å². The number of hydrogen-bond acceptors (Lipinski definition) is 4. The molecule has 1 radical (unpaired) electrons. The molecule has 0 heterocycles. The van der Waals surface area contributed by atoms with Gasteiger partial charge in [0.2, 0.25) is 0 Å². The first-order chi connectivity index (χ1) is 6.33. The van der Waals surface area contributed by atoms with Crippen LogP contribution in [0.5, 0.6) is 0 Å². The fraction of sp³-hybridized carbons (Fsp3) is 1.00. The first-order valence-electron chi connectivity index (χ1n) is 4.53. The van der Waals surface area contributed by atoms with Crippen molar-refractivity contribution < 1.29 is 14.4 Å². The molecule has 0 aliphatic carbocycles. The Morgan fingerprint density at radius 1 is 1.38 bits per heavy atom. The molecule has 13 heavy (non-hydrogen) atoms. The van der Waals surface area contributed by atoms with E-state index in [-0.39, 0.29) is 6.51 Å². The summed E-state index contributed by atoms with van der Waals surface area (Å²) in [5, 5.41) is 0. The van der Waals surface area contributed by atoms with Gasteiger partial charge in [-0.15, -0.1) is 0 Å². The van der Waals surface area contributed by atoms with E-state index in [1.807, 2.05) is 0 Å². The minimum absolute atomic E-state index is 0.00958. The van der Waals surface area contributed by atoms with Gasteiger partial charge in [0, 0.05) is 0 Å². The van der Waals surface area contributed by atoms with Gasteiger partial charge in [-0.05, 0) is 13.0 Å². The van der Waals surface area contributed by atoms with Gasteiger partial charge in [-0.3, -0.25) is 0 Å². The summed E-state index contributed by atoms with van der Waals surface area (Å²) >= 11 is 0. The third-order valence-corrected chi connectivity index (χ3v) is 1.11. The Labute approximate surface area is 81.6 Å². The van der Waals surface area contributed by atoms with Crippen LogP contribution >= 0.6 is 0 Å². The molecule has 0 aromatic rings. The van der Waals surface area contributed by atoms with Gasteiger partial charge in [0.05, 0.1) is 0 Å². The van der Waals surface area contributed by atoms with Crippen molar-refractivity contribution in [1.29, 1.82) is 0 Å². The van der Waals surface area contributed by atoms with Gasteiger partial charge in [-0.25, -0.2) is 0 Å². The molecule has 6 heteroatoms. The van der Waals surface area contributed by atoms with Crippen LogP contribution in [0, 0.1) is 0 Å². The van der Waals surface area contributed by atoms with Gasteiger partial charge < -0.3 is 5.73 Å². The molecule has 0 unspecified atom stereocenters. The van der Waals surface area contributed by atoms with E-state index >= 15 is 0 Å². The zero-order valence-corrected chi connectivity index (χ0v) is 8.49. The molecule has 0 bridgehead atoms. The second kappa shape index (κ2) is 17.8. The third kappa shape index (κ3) is 24.5. The molecular weight excluding hydrogens is 168 g/mol. The van der Waals surface area contributed by atoms with E-state index in [0.717, 1.165) is 6.54 Å². The number of hydrogen-bond donors (Lipinski definition) is 1. The van der Waals surface area contributed by atoms with Crippen molar-refractivity contribution in [3.63, 3.8) is 0 Å². The van der Waals surface area contributed by atoms with Crippen molar-refractivity contribution in [2.45, 2.75) is 33.0 Å². The molecule has 2 N–H and O–H groups in total. The van der Waals surface area contributed by atoms with Gasteiger partial charge >= 0.3 is 42.4 Å². The van der Waals surface area contributed by atoms with Crippen molar-refractivity contribution >= 4 is 14.6 Å². The van der Waals surface area contributed by atoms with E-state index in [2.05, 4.69) is 16.6 Å². The zero-order chi connectivity index (χ0) is 10.4. The van der Waals surface area contributed by atoms with Crippen LogP contribution in [-0.4, -0.2) is 27.7 Å². The quantitative estimate of drug-likeness (QED) is 0.275. The Bertz CT molecular complexity index is 91.8. The van der Waals surface area contributed by atoms with Crippen molar-refractivity contribution in [3.05, 3.63) is 0 Å². The molecule has 0 saturated carbocycles. The molecule has 0 fully saturated rings. The van der Waals surface area contributed by atoms with Gasteiger partial charge in [0.25, 0.3) is 0 Å². The number of unbranched alkanes of at least 4 members (excludes halogenated alkanes) is 2. The van der Waals surface area contributed by atoms with Gasteiger partial charge in [-0.1, -0.05) is 19.8 Å². The first-order valence-corrected chi connectivity index (χ1v) is 4.53. The maximum atomic E-state index is 9.46. The van der Waals surface area contributed by atoms with E-state index in [1.54, 1.807) is 6.82 Å². The van der Waals surface area contributed by atoms with Crippen molar-refractivity contribution in [1.82, 2.24) is 0 Å². The second-order valence-corrected chi connectivity index (χ2v) is 2.28. The summed E-state index contributed by atoms with van der Waals surface area (Å²) in [6.45, 7) is 4.68. The molecule has 0 amide bonds. The van der Waals surface area contributed by atoms with E-state index in [0.29, 0.717) is 7.15 Å². The molecule has 0 aliphatic heterocycles. The number of nitrogens with two attached hydrogens (primary N) is 1. The summed E-state index contributed by atoms with van der Waals surface area (Å²) in [5.41, 5.74) is 5.21. The Morgan fingerprint density at radius 2 is 2.08 bits per heavy atom. The van der Waals surface area contributed by atoms with Crippen LogP contribution in [0.2, 0.25) is 6.82 Å². The van der Waals surface area contributed by atoms with E-state index in [1.165, 1.54) is 26.7 Å². The van der Waals surface area contributed by atoms with Crippen LogP contribution in [0.1, 0.15) is 26.2 Å². The summed E-state index contributed by atoms with van der Waals surface area (Å²) in [7, 11) is 1.97. The molecule has 0 saturated heterocycles. The van der Waals surface area contributed by atoms with Gasteiger partial charge in [0.1, 0.15) is 0 Å². The Kier molecular flexibility index (Phi) is 20.9. The fourth-order valence-electron chi connectivity index (χ4n) is 0.529. The van der Waals surface area contributed by atoms with Crippen molar-refractivity contribution in [2.24, 2.45) is 5.73 Å². The predicted octanol–water partition coefficient (Wildman–Crippen LogP) is 0.744. The molecule has 0 aliphatic rings. The molecule has 0 aromatic carbocycles. The molecule has 4 nitrogen and oxygen atoms in total. The SMILES string of the molecule is CCCCCN.C[B]OOCB=O. The summed E-state index contributed by atoms with van der Waals surface area (Å²) in [5.74, 6) is 0. The third-order valence-electron chi connectivity index (χ3n) is 1.11. The molecule has 0 rings (SSSR count). The maximum absolute atomic E-state index is 9.46. The standard InChI is InChI=1S/C5H13N.C2H5B2O3/c1-2-3-4-5-6;1-3-7-6-2-4-5/h2-6H2,1H3;2H2,1H3. The molecular formula is C7H18B2NO3.